The molecule has 0 radical (unpaired) electrons. The largest absolute Gasteiger partial charge is 0.496 e. The quantitative estimate of drug-likeness (QED) is 0.933. The number of nitrogens with one attached hydrogen (secondary N) is 1. The summed E-state index contributed by atoms with van der Waals surface area (Å²) in [6.07, 6.45) is 0. The molecule has 1 aromatic carbocycles. The minimum Gasteiger partial charge on any atom is -0.496 e. The van der Waals surface area contributed by atoms with Gasteiger partial charge in [0.2, 0.25) is 0 Å². The zero-order valence-electron chi connectivity index (χ0n) is 11.6. The summed E-state index contributed by atoms with van der Waals surface area (Å²) in [5.74, 6) is 0.889. The highest BCUT2D eigenvalue weighted by Crippen LogP contribution is 2.23. The maximum absolute atomic E-state index is 6.22. The first-order valence-corrected chi connectivity index (χ1v) is 6.47. The lowest BCUT2D eigenvalue weighted by Crippen LogP contribution is -2.06. The van der Waals surface area contributed by atoms with Gasteiger partial charge in [-0.3, -0.25) is 4.68 Å². The molecule has 5 heteroatoms. The van der Waals surface area contributed by atoms with Gasteiger partial charge in [0.1, 0.15) is 5.75 Å². The monoisotopic (exact) mass is 279 g/mol. The van der Waals surface area contributed by atoms with Crippen molar-refractivity contribution in [3.05, 3.63) is 40.2 Å². The number of rotatable bonds is 4. The molecule has 2 aromatic rings. The Morgan fingerprint density at radius 3 is 2.63 bits per heavy atom. The number of ether oxygens (including phenoxy) is 1. The first kappa shape index (κ1) is 13.7. The van der Waals surface area contributed by atoms with Crippen molar-refractivity contribution >= 4 is 17.3 Å². The first-order valence-electron chi connectivity index (χ1n) is 6.09. The second-order valence-electron chi connectivity index (χ2n) is 4.51. The predicted molar refractivity (Wildman–Crippen MR) is 78.0 cm³/mol. The smallest absolute Gasteiger partial charge is 0.121 e. The van der Waals surface area contributed by atoms with Crippen molar-refractivity contribution in [2.75, 3.05) is 12.4 Å². The summed E-state index contributed by atoms with van der Waals surface area (Å²) in [5.41, 5.74) is 3.97. The van der Waals surface area contributed by atoms with Crippen LogP contribution in [0, 0.1) is 13.8 Å². The van der Waals surface area contributed by atoms with Gasteiger partial charge in [-0.05, 0) is 37.6 Å². The minimum atomic E-state index is 0.641. The molecule has 0 fully saturated rings. The van der Waals surface area contributed by atoms with Crippen molar-refractivity contribution in [1.29, 1.82) is 0 Å². The highest BCUT2D eigenvalue weighted by molar-refractivity contribution is 6.31. The molecule has 0 unspecified atom stereocenters. The summed E-state index contributed by atoms with van der Waals surface area (Å²) in [5, 5.41) is 8.36. The van der Waals surface area contributed by atoms with Gasteiger partial charge in [-0.1, -0.05) is 11.6 Å². The Labute approximate surface area is 118 Å². The fourth-order valence-corrected chi connectivity index (χ4v) is 2.27. The van der Waals surface area contributed by atoms with E-state index in [2.05, 4.69) is 16.5 Å². The van der Waals surface area contributed by atoms with Gasteiger partial charge in [0.05, 0.1) is 30.1 Å². The minimum absolute atomic E-state index is 0.641. The van der Waals surface area contributed by atoms with Gasteiger partial charge in [-0.2, -0.15) is 5.10 Å². The molecule has 0 saturated heterocycles. The molecule has 0 aliphatic rings. The van der Waals surface area contributed by atoms with Crippen LogP contribution in [0.15, 0.2) is 18.2 Å². The van der Waals surface area contributed by atoms with Gasteiger partial charge in [-0.25, -0.2) is 0 Å². The number of halogens is 1. The lowest BCUT2D eigenvalue weighted by atomic mass is 10.2. The molecule has 0 aliphatic carbocycles. The van der Waals surface area contributed by atoms with Crippen LogP contribution >= 0.6 is 11.6 Å². The molecule has 0 aliphatic heterocycles. The Morgan fingerprint density at radius 2 is 2.11 bits per heavy atom. The molecule has 1 heterocycles. The van der Waals surface area contributed by atoms with E-state index in [4.69, 9.17) is 16.3 Å². The van der Waals surface area contributed by atoms with Crippen LogP contribution in [0.4, 0.5) is 5.69 Å². The number of aromatic nitrogens is 2. The van der Waals surface area contributed by atoms with Gasteiger partial charge in [-0.15, -0.1) is 0 Å². The Balaban J connectivity index is 2.12. The van der Waals surface area contributed by atoms with E-state index in [1.165, 1.54) is 0 Å². The van der Waals surface area contributed by atoms with Crippen LogP contribution in [-0.4, -0.2) is 16.9 Å². The number of methoxy groups -OCH3 is 1. The van der Waals surface area contributed by atoms with E-state index >= 15 is 0 Å². The maximum Gasteiger partial charge on any atom is 0.121 e. The van der Waals surface area contributed by atoms with E-state index < -0.39 is 0 Å². The van der Waals surface area contributed by atoms with Gasteiger partial charge < -0.3 is 10.1 Å². The summed E-state index contributed by atoms with van der Waals surface area (Å²) in [6.45, 7) is 4.57. The standard InChI is InChI=1S/C14H18ClN3O/c1-9-7-11(5-6-13(9)19-4)16-8-12-14(15)10(2)17-18(12)3/h5-7,16H,8H2,1-4H3. The molecule has 0 amide bonds. The average Bonchev–Trinajstić information content (AvgIpc) is 2.61. The highest BCUT2D eigenvalue weighted by Gasteiger charge is 2.10. The van der Waals surface area contributed by atoms with Gasteiger partial charge in [0, 0.05) is 12.7 Å². The SMILES string of the molecule is COc1ccc(NCc2c(Cl)c(C)nn2C)cc1C. The average molecular weight is 280 g/mol. The first-order chi connectivity index (χ1) is 9.02. The van der Waals surface area contributed by atoms with Crippen molar-refractivity contribution in [2.45, 2.75) is 20.4 Å². The molecule has 2 rings (SSSR count). The van der Waals surface area contributed by atoms with Crippen LogP contribution in [0.5, 0.6) is 5.75 Å². The van der Waals surface area contributed by atoms with E-state index in [1.807, 2.05) is 33.0 Å². The summed E-state index contributed by atoms with van der Waals surface area (Å²) in [7, 11) is 3.57. The lowest BCUT2D eigenvalue weighted by Gasteiger charge is -2.10. The molecule has 1 N–H and O–H groups in total. The summed E-state index contributed by atoms with van der Waals surface area (Å²) in [6, 6.07) is 5.99. The summed E-state index contributed by atoms with van der Waals surface area (Å²) < 4.78 is 7.05. The van der Waals surface area contributed by atoms with Crippen LogP contribution < -0.4 is 10.1 Å². The third-order valence-electron chi connectivity index (χ3n) is 3.12. The van der Waals surface area contributed by atoms with Crippen LogP contribution in [0.25, 0.3) is 0 Å². The Morgan fingerprint density at radius 1 is 1.37 bits per heavy atom. The van der Waals surface area contributed by atoms with Crippen LogP contribution in [0.1, 0.15) is 17.0 Å². The molecule has 0 spiro atoms. The van der Waals surface area contributed by atoms with Gasteiger partial charge >= 0.3 is 0 Å². The molecule has 0 saturated carbocycles. The zero-order chi connectivity index (χ0) is 14.0. The number of benzene rings is 1. The van der Waals surface area contributed by atoms with Crippen molar-refractivity contribution < 1.29 is 4.74 Å². The predicted octanol–water partition coefficient (Wildman–Crippen LogP) is 3.31. The second kappa shape index (κ2) is 5.53. The van der Waals surface area contributed by atoms with Crippen LogP contribution in [0.3, 0.4) is 0 Å². The van der Waals surface area contributed by atoms with Crippen molar-refractivity contribution in [1.82, 2.24) is 9.78 Å². The topological polar surface area (TPSA) is 39.1 Å². The van der Waals surface area contributed by atoms with E-state index in [1.54, 1.807) is 11.8 Å². The third kappa shape index (κ3) is 2.84. The number of aryl methyl sites for hydroxylation is 3. The normalized spacial score (nSPS) is 10.6. The van der Waals surface area contributed by atoms with Crippen molar-refractivity contribution in [3.8, 4) is 5.75 Å². The number of hydrogen-bond donors (Lipinski definition) is 1. The Bertz CT molecular complexity index is 593. The number of nitrogens with zero attached hydrogens (tertiary/aromatic N) is 2. The zero-order valence-corrected chi connectivity index (χ0v) is 12.4. The summed E-state index contributed by atoms with van der Waals surface area (Å²) >= 11 is 6.22. The fourth-order valence-electron chi connectivity index (χ4n) is 2.05. The van der Waals surface area contributed by atoms with Gasteiger partial charge in [0.25, 0.3) is 0 Å². The van der Waals surface area contributed by atoms with E-state index in [0.29, 0.717) is 6.54 Å². The molecule has 4 nitrogen and oxygen atoms in total. The Hall–Kier alpha value is -1.68. The number of hydrogen-bond acceptors (Lipinski definition) is 3. The summed E-state index contributed by atoms with van der Waals surface area (Å²) in [4.78, 5) is 0. The molecule has 19 heavy (non-hydrogen) atoms. The van der Waals surface area contributed by atoms with E-state index in [9.17, 15) is 0 Å². The number of anilines is 1. The van der Waals surface area contributed by atoms with E-state index in [-0.39, 0.29) is 0 Å². The molecule has 102 valence electrons. The molecule has 1 aromatic heterocycles. The lowest BCUT2D eigenvalue weighted by molar-refractivity contribution is 0.412. The van der Waals surface area contributed by atoms with Crippen LogP contribution in [-0.2, 0) is 13.6 Å². The molecule has 0 bridgehead atoms. The fraction of sp³-hybridized carbons (Fsp3) is 0.357. The second-order valence-corrected chi connectivity index (χ2v) is 4.89. The van der Waals surface area contributed by atoms with Crippen LogP contribution in [0.2, 0.25) is 5.02 Å². The van der Waals surface area contributed by atoms with Gasteiger partial charge in [0.15, 0.2) is 0 Å². The Kier molecular flexibility index (Phi) is 4.00. The van der Waals surface area contributed by atoms with Crippen molar-refractivity contribution in [3.63, 3.8) is 0 Å². The maximum atomic E-state index is 6.22. The van der Waals surface area contributed by atoms with Crippen molar-refractivity contribution in [2.24, 2.45) is 7.05 Å². The highest BCUT2D eigenvalue weighted by atomic mass is 35.5. The third-order valence-corrected chi connectivity index (χ3v) is 3.61. The molecule has 0 atom stereocenters. The molecular weight excluding hydrogens is 262 g/mol. The molecular formula is C14H18ClN3O. The van der Waals surface area contributed by atoms with E-state index in [0.717, 1.165) is 33.4 Å².